The number of hydrogen-bond acceptors (Lipinski definition) is 8. The lowest BCUT2D eigenvalue weighted by Gasteiger charge is -2.26. The van der Waals surface area contributed by atoms with Crippen molar-refractivity contribution in [2.45, 2.75) is 62.9 Å². The molecule has 0 radical (unpaired) electrons. The van der Waals surface area contributed by atoms with Crippen molar-refractivity contribution in [1.29, 1.82) is 0 Å². The number of carboxylic acids is 2. The zero-order chi connectivity index (χ0) is 27.4. The predicted octanol–water partition coefficient (Wildman–Crippen LogP) is -2.78. The van der Waals surface area contributed by atoms with Crippen molar-refractivity contribution < 1.29 is 44.1 Å². The third-order valence-corrected chi connectivity index (χ3v) is 5.00. The second kappa shape index (κ2) is 14.4. The highest BCUT2D eigenvalue weighted by atomic mass is 16.4. The number of amides is 4. The fraction of sp³-hybridized carbons (Fsp3) is 0.455. The lowest BCUT2D eigenvalue weighted by molar-refractivity contribution is -0.144. The van der Waals surface area contributed by atoms with Gasteiger partial charge in [0.25, 0.3) is 0 Å². The van der Waals surface area contributed by atoms with Gasteiger partial charge < -0.3 is 42.7 Å². The van der Waals surface area contributed by atoms with Gasteiger partial charge in [0.05, 0.1) is 18.6 Å². The molecule has 0 aromatic heterocycles. The Kier molecular flexibility index (Phi) is 12.0. The van der Waals surface area contributed by atoms with Crippen LogP contribution >= 0.6 is 0 Å². The highest BCUT2D eigenvalue weighted by Gasteiger charge is 2.33. The van der Waals surface area contributed by atoms with Gasteiger partial charge in [-0.25, -0.2) is 4.79 Å². The molecule has 0 aliphatic heterocycles. The molecule has 0 aliphatic rings. The average molecular weight is 510 g/mol. The molecule has 36 heavy (non-hydrogen) atoms. The number of nitrogens with two attached hydrogens (primary N) is 2. The summed E-state index contributed by atoms with van der Waals surface area (Å²) in [6.45, 7) is 1.13. The smallest absolute Gasteiger partial charge is 0.326 e. The molecule has 1 rings (SSSR count). The molecule has 4 amide bonds. The van der Waals surface area contributed by atoms with Crippen molar-refractivity contribution in [3.05, 3.63) is 35.9 Å². The fourth-order valence-electron chi connectivity index (χ4n) is 3.09. The first-order valence-electron chi connectivity index (χ1n) is 10.9. The summed E-state index contributed by atoms with van der Waals surface area (Å²) >= 11 is 0. The minimum Gasteiger partial charge on any atom is -0.481 e. The van der Waals surface area contributed by atoms with Gasteiger partial charge in [-0.2, -0.15) is 0 Å². The molecule has 5 atom stereocenters. The van der Waals surface area contributed by atoms with Crippen molar-refractivity contribution in [3.8, 4) is 0 Å². The lowest BCUT2D eigenvalue weighted by Crippen LogP contribution is -2.60. The minimum absolute atomic E-state index is 0.106. The van der Waals surface area contributed by atoms with Gasteiger partial charge in [0.2, 0.25) is 23.6 Å². The molecule has 1 aromatic rings. The fourth-order valence-corrected chi connectivity index (χ4v) is 3.09. The van der Waals surface area contributed by atoms with Crippen LogP contribution in [0.5, 0.6) is 0 Å². The summed E-state index contributed by atoms with van der Waals surface area (Å²) in [6.07, 6.45) is -2.98. The van der Waals surface area contributed by atoms with E-state index in [-0.39, 0.29) is 19.3 Å². The Morgan fingerprint density at radius 1 is 0.889 bits per heavy atom. The van der Waals surface area contributed by atoms with Gasteiger partial charge >= 0.3 is 11.9 Å². The highest BCUT2D eigenvalue weighted by Crippen LogP contribution is 2.05. The average Bonchev–Trinajstić information content (AvgIpc) is 2.79. The zero-order valence-electron chi connectivity index (χ0n) is 19.5. The predicted molar refractivity (Wildman–Crippen MR) is 124 cm³/mol. The highest BCUT2D eigenvalue weighted by molar-refractivity contribution is 5.96. The summed E-state index contributed by atoms with van der Waals surface area (Å²) in [7, 11) is 0. The van der Waals surface area contributed by atoms with Gasteiger partial charge in [-0.05, 0) is 25.3 Å². The Bertz CT molecular complexity index is 954. The number of benzene rings is 1. The van der Waals surface area contributed by atoms with Gasteiger partial charge in [0.1, 0.15) is 18.1 Å². The number of carbonyl (C=O) groups is 6. The van der Waals surface area contributed by atoms with Crippen molar-refractivity contribution >= 4 is 35.6 Å². The van der Waals surface area contributed by atoms with E-state index in [0.717, 1.165) is 12.5 Å². The van der Waals surface area contributed by atoms with E-state index in [1.165, 1.54) is 0 Å². The molecule has 0 saturated heterocycles. The molecule has 198 valence electrons. The molecule has 14 heteroatoms. The first kappa shape index (κ1) is 30.0. The van der Waals surface area contributed by atoms with Crippen LogP contribution in [-0.2, 0) is 35.2 Å². The van der Waals surface area contributed by atoms with Crippen LogP contribution in [0.15, 0.2) is 30.3 Å². The molecule has 0 heterocycles. The van der Waals surface area contributed by atoms with Gasteiger partial charge in [-0.1, -0.05) is 30.3 Å². The second-order valence-corrected chi connectivity index (χ2v) is 8.09. The van der Waals surface area contributed by atoms with Crippen LogP contribution in [0, 0.1) is 0 Å². The molecule has 1 aromatic carbocycles. The maximum absolute atomic E-state index is 12.8. The van der Waals surface area contributed by atoms with E-state index in [1.807, 2.05) is 0 Å². The third-order valence-electron chi connectivity index (χ3n) is 5.00. The maximum Gasteiger partial charge on any atom is 0.326 e. The minimum atomic E-state index is -1.71. The van der Waals surface area contributed by atoms with Crippen molar-refractivity contribution in [2.24, 2.45) is 11.5 Å². The first-order chi connectivity index (χ1) is 16.8. The van der Waals surface area contributed by atoms with Crippen LogP contribution in [0.2, 0.25) is 0 Å². The zero-order valence-corrected chi connectivity index (χ0v) is 19.5. The van der Waals surface area contributed by atoms with Crippen molar-refractivity contribution in [2.75, 3.05) is 0 Å². The summed E-state index contributed by atoms with van der Waals surface area (Å²) in [5, 5.41) is 34.8. The van der Waals surface area contributed by atoms with E-state index in [1.54, 1.807) is 30.3 Å². The Balaban J connectivity index is 2.92. The molecule has 0 aliphatic carbocycles. The van der Waals surface area contributed by atoms with E-state index in [0.29, 0.717) is 0 Å². The molecule has 0 saturated carbocycles. The van der Waals surface area contributed by atoms with Crippen LogP contribution in [-0.4, -0.2) is 81.2 Å². The number of primary amides is 1. The third kappa shape index (κ3) is 10.5. The molecule has 0 fully saturated rings. The quantitative estimate of drug-likeness (QED) is 0.121. The number of carbonyl (C=O) groups excluding carboxylic acids is 4. The standard InChI is InChI=1S/C22H31N5O9/c1-11(28)18(21(34)25-14(22(35)36)7-8-16(24)29)27-20(33)15(10-17(30)31)26-19(32)13(23)9-12-5-3-2-4-6-12/h2-6,11,13-15,18,28H,7-10,23H2,1H3,(H2,24,29)(H,25,34)(H,26,32)(H,27,33)(H,30,31)(H,35,36). The van der Waals surface area contributed by atoms with E-state index in [2.05, 4.69) is 16.0 Å². The normalized spacial score (nSPS) is 14.9. The van der Waals surface area contributed by atoms with Crippen LogP contribution in [0.3, 0.4) is 0 Å². The summed E-state index contributed by atoms with van der Waals surface area (Å²) in [5.41, 5.74) is 11.6. The number of carboxylic acid groups (broad SMARTS) is 2. The molecular formula is C22H31N5O9. The Morgan fingerprint density at radius 2 is 1.47 bits per heavy atom. The van der Waals surface area contributed by atoms with E-state index in [9.17, 15) is 39.0 Å². The molecule has 14 nitrogen and oxygen atoms in total. The molecule has 0 bridgehead atoms. The summed E-state index contributed by atoms with van der Waals surface area (Å²) in [5.74, 6) is -6.78. The number of nitrogens with one attached hydrogen (secondary N) is 3. The summed E-state index contributed by atoms with van der Waals surface area (Å²) in [4.78, 5) is 71.4. The van der Waals surface area contributed by atoms with Crippen LogP contribution in [0.25, 0.3) is 0 Å². The van der Waals surface area contributed by atoms with Crippen LogP contribution in [0.1, 0.15) is 31.7 Å². The van der Waals surface area contributed by atoms with Crippen molar-refractivity contribution in [1.82, 2.24) is 16.0 Å². The van der Waals surface area contributed by atoms with Crippen molar-refractivity contribution in [3.63, 3.8) is 0 Å². The molecule has 5 unspecified atom stereocenters. The monoisotopic (exact) mass is 509 g/mol. The van der Waals surface area contributed by atoms with Crippen LogP contribution < -0.4 is 27.4 Å². The number of aliphatic carboxylic acids is 2. The Hall–Kier alpha value is -4.04. The van der Waals surface area contributed by atoms with Gasteiger partial charge in [-0.3, -0.25) is 24.0 Å². The summed E-state index contributed by atoms with van der Waals surface area (Å²) in [6, 6.07) is 2.68. The largest absolute Gasteiger partial charge is 0.481 e. The molecular weight excluding hydrogens is 478 g/mol. The van der Waals surface area contributed by atoms with Gasteiger partial charge in [0, 0.05) is 6.42 Å². The van der Waals surface area contributed by atoms with Crippen LogP contribution in [0.4, 0.5) is 0 Å². The summed E-state index contributed by atoms with van der Waals surface area (Å²) < 4.78 is 0. The topological polar surface area (TPSA) is 251 Å². The van der Waals surface area contributed by atoms with E-state index in [4.69, 9.17) is 16.6 Å². The molecule has 0 spiro atoms. The van der Waals surface area contributed by atoms with E-state index >= 15 is 0 Å². The lowest BCUT2D eigenvalue weighted by atomic mass is 10.0. The van der Waals surface area contributed by atoms with E-state index < -0.39 is 72.3 Å². The second-order valence-electron chi connectivity index (χ2n) is 8.09. The molecule has 10 N–H and O–H groups in total. The number of aliphatic hydroxyl groups is 1. The van der Waals surface area contributed by atoms with Gasteiger partial charge in [-0.15, -0.1) is 0 Å². The maximum atomic E-state index is 12.8. The Labute approximate surface area is 206 Å². The number of aliphatic hydroxyl groups excluding tert-OH is 1. The Morgan fingerprint density at radius 3 is 1.97 bits per heavy atom. The number of hydrogen-bond donors (Lipinski definition) is 8. The first-order valence-corrected chi connectivity index (χ1v) is 10.9. The number of rotatable bonds is 15. The van der Waals surface area contributed by atoms with Gasteiger partial charge in [0.15, 0.2) is 0 Å². The SMILES string of the molecule is CC(O)C(NC(=O)C(CC(=O)O)NC(=O)C(N)Cc1ccccc1)C(=O)NC(CCC(N)=O)C(=O)O.